The molecule has 0 amide bonds. The van der Waals surface area contributed by atoms with Crippen LogP contribution in [0.4, 0.5) is 0 Å². The highest BCUT2D eigenvalue weighted by Crippen LogP contribution is 2.41. The summed E-state index contributed by atoms with van der Waals surface area (Å²) in [5.74, 6) is 0. The van der Waals surface area contributed by atoms with Gasteiger partial charge in [0.05, 0.1) is 8.61 Å². The van der Waals surface area contributed by atoms with Crippen LogP contribution in [0, 0.1) is 13.8 Å². The summed E-state index contributed by atoms with van der Waals surface area (Å²) in [6.07, 6.45) is 0. The van der Waals surface area contributed by atoms with E-state index in [0.29, 0.717) is 0 Å². The Hall–Kier alpha value is -0.640. The number of fused-ring (bicyclic) bond motifs is 1. The molecule has 1 heterocycles. The van der Waals surface area contributed by atoms with Crippen LogP contribution < -0.4 is 0 Å². The fraction of sp³-hybridized carbons (Fsp3) is 0.176. The van der Waals surface area contributed by atoms with Gasteiger partial charge in [-0.2, -0.15) is 0 Å². The summed E-state index contributed by atoms with van der Waals surface area (Å²) >= 11 is 9.29. The van der Waals surface area contributed by atoms with Gasteiger partial charge in [0.25, 0.3) is 0 Å². The van der Waals surface area contributed by atoms with Crippen molar-refractivity contribution in [1.29, 1.82) is 0 Å². The SMILES string of the molecule is Cc1cc(C(Br)c2ccc(C)c3ccccc23)sc1Br. The second-order valence-electron chi connectivity index (χ2n) is 4.99. The van der Waals surface area contributed by atoms with Gasteiger partial charge in [0.1, 0.15) is 0 Å². The van der Waals surface area contributed by atoms with Gasteiger partial charge in [0.2, 0.25) is 0 Å². The highest BCUT2D eigenvalue weighted by Gasteiger charge is 2.17. The molecule has 20 heavy (non-hydrogen) atoms. The molecule has 0 aliphatic rings. The van der Waals surface area contributed by atoms with Crippen molar-refractivity contribution >= 4 is 54.0 Å². The van der Waals surface area contributed by atoms with E-state index in [1.165, 1.54) is 36.1 Å². The lowest BCUT2D eigenvalue weighted by molar-refractivity contribution is 1.24. The molecule has 1 aromatic heterocycles. The molecule has 1 atom stereocenters. The molecular weight excluding hydrogens is 396 g/mol. The molecule has 3 heteroatoms. The first kappa shape index (κ1) is 14.3. The molecule has 0 spiro atoms. The minimum Gasteiger partial charge on any atom is -0.131 e. The normalized spacial score (nSPS) is 12.8. The monoisotopic (exact) mass is 408 g/mol. The Morgan fingerprint density at radius 3 is 2.30 bits per heavy atom. The summed E-state index contributed by atoms with van der Waals surface area (Å²) in [7, 11) is 0. The third-order valence-corrected chi connectivity index (χ3v) is 7.07. The third-order valence-electron chi connectivity index (χ3n) is 3.57. The van der Waals surface area contributed by atoms with Gasteiger partial charge in [-0.25, -0.2) is 0 Å². The van der Waals surface area contributed by atoms with Crippen LogP contribution in [0.1, 0.15) is 26.4 Å². The summed E-state index contributed by atoms with van der Waals surface area (Å²) in [6.45, 7) is 4.30. The Morgan fingerprint density at radius 1 is 0.950 bits per heavy atom. The predicted octanol–water partition coefficient (Wildman–Crippen LogP) is 6.76. The van der Waals surface area contributed by atoms with E-state index in [2.05, 4.69) is 88.2 Å². The molecular formula is C17H14Br2S. The summed E-state index contributed by atoms with van der Waals surface area (Å²) in [5.41, 5.74) is 3.96. The van der Waals surface area contributed by atoms with Crippen molar-refractivity contribution in [2.75, 3.05) is 0 Å². The average molecular weight is 410 g/mol. The molecule has 3 aromatic rings. The van der Waals surface area contributed by atoms with Gasteiger partial charge in [-0.3, -0.25) is 0 Å². The molecule has 0 saturated carbocycles. The molecule has 102 valence electrons. The van der Waals surface area contributed by atoms with Crippen molar-refractivity contribution in [3.05, 3.63) is 67.8 Å². The summed E-state index contributed by atoms with van der Waals surface area (Å²) in [6, 6.07) is 15.3. The third kappa shape index (κ3) is 2.47. The number of alkyl halides is 1. The molecule has 0 aliphatic carbocycles. The maximum absolute atomic E-state index is 3.88. The smallest absolute Gasteiger partial charge is 0.0744 e. The van der Waals surface area contributed by atoms with Crippen molar-refractivity contribution in [2.45, 2.75) is 18.7 Å². The van der Waals surface area contributed by atoms with Crippen LogP contribution >= 0.6 is 43.2 Å². The van der Waals surface area contributed by atoms with Gasteiger partial charge in [0.15, 0.2) is 0 Å². The summed E-state index contributed by atoms with van der Waals surface area (Å²) in [4.78, 5) is 1.58. The van der Waals surface area contributed by atoms with Crippen LogP contribution in [0.15, 0.2) is 46.3 Å². The number of hydrogen-bond acceptors (Lipinski definition) is 1. The van der Waals surface area contributed by atoms with E-state index >= 15 is 0 Å². The topological polar surface area (TPSA) is 0 Å². The van der Waals surface area contributed by atoms with Crippen LogP contribution in [-0.2, 0) is 0 Å². The second kappa shape index (κ2) is 5.63. The van der Waals surface area contributed by atoms with Crippen LogP contribution in [0.5, 0.6) is 0 Å². The zero-order valence-electron chi connectivity index (χ0n) is 11.3. The summed E-state index contributed by atoms with van der Waals surface area (Å²) in [5, 5.41) is 2.67. The Bertz CT molecular complexity index is 754. The largest absolute Gasteiger partial charge is 0.131 e. The van der Waals surface area contributed by atoms with Gasteiger partial charge >= 0.3 is 0 Å². The Balaban J connectivity index is 2.17. The van der Waals surface area contributed by atoms with Crippen molar-refractivity contribution < 1.29 is 0 Å². The molecule has 2 aromatic carbocycles. The van der Waals surface area contributed by atoms with E-state index in [1.54, 1.807) is 11.3 Å². The first-order chi connectivity index (χ1) is 9.58. The number of aryl methyl sites for hydroxylation is 2. The highest BCUT2D eigenvalue weighted by atomic mass is 79.9. The van der Waals surface area contributed by atoms with Crippen LogP contribution in [-0.4, -0.2) is 0 Å². The lowest BCUT2D eigenvalue weighted by Crippen LogP contribution is -1.92. The molecule has 0 bridgehead atoms. The van der Waals surface area contributed by atoms with E-state index in [9.17, 15) is 0 Å². The van der Waals surface area contributed by atoms with Crippen molar-refractivity contribution in [3.8, 4) is 0 Å². The van der Waals surface area contributed by atoms with E-state index in [1.807, 2.05) is 0 Å². The molecule has 0 saturated heterocycles. The van der Waals surface area contributed by atoms with E-state index < -0.39 is 0 Å². The van der Waals surface area contributed by atoms with Crippen molar-refractivity contribution in [1.82, 2.24) is 0 Å². The quantitative estimate of drug-likeness (QED) is 0.410. The lowest BCUT2D eigenvalue weighted by atomic mass is 9.98. The summed E-state index contributed by atoms with van der Waals surface area (Å²) < 4.78 is 1.22. The van der Waals surface area contributed by atoms with Gasteiger partial charge in [0, 0.05) is 4.88 Å². The Labute approximate surface area is 140 Å². The first-order valence-electron chi connectivity index (χ1n) is 6.46. The van der Waals surface area contributed by atoms with Crippen molar-refractivity contribution in [3.63, 3.8) is 0 Å². The molecule has 3 rings (SSSR count). The molecule has 0 fully saturated rings. The highest BCUT2D eigenvalue weighted by molar-refractivity contribution is 9.11. The number of thiophene rings is 1. The Kier molecular flexibility index (Phi) is 4.02. The van der Waals surface area contributed by atoms with Crippen molar-refractivity contribution in [2.24, 2.45) is 0 Å². The molecule has 1 unspecified atom stereocenters. The predicted molar refractivity (Wildman–Crippen MR) is 96.2 cm³/mol. The van der Waals surface area contributed by atoms with E-state index in [-0.39, 0.29) is 4.83 Å². The minimum absolute atomic E-state index is 0.239. The maximum atomic E-state index is 3.88. The fourth-order valence-electron chi connectivity index (χ4n) is 2.46. The zero-order chi connectivity index (χ0) is 14.3. The Morgan fingerprint density at radius 2 is 1.65 bits per heavy atom. The number of halogens is 2. The molecule has 0 N–H and O–H groups in total. The standard InChI is InChI=1S/C17H14Br2S/c1-10-7-8-14(13-6-4-3-5-12(10)13)16(18)15-9-11(2)17(19)20-15/h3-9,16H,1-2H3. The van der Waals surface area contributed by atoms with Crippen LogP contribution in [0.3, 0.4) is 0 Å². The number of hydrogen-bond donors (Lipinski definition) is 0. The van der Waals surface area contributed by atoms with E-state index in [0.717, 1.165) is 0 Å². The minimum atomic E-state index is 0.239. The van der Waals surface area contributed by atoms with Crippen LogP contribution in [0.2, 0.25) is 0 Å². The lowest BCUT2D eigenvalue weighted by Gasteiger charge is -2.13. The zero-order valence-corrected chi connectivity index (χ0v) is 15.3. The molecule has 0 nitrogen and oxygen atoms in total. The van der Waals surface area contributed by atoms with Gasteiger partial charge in [-0.05, 0) is 63.3 Å². The van der Waals surface area contributed by atoms with E-state index in [4.69, 9.17) is 0 Å². The maximum Gasteiger partial charge on any atom is 0.0744 e. The first-order valence-corrected chi connectivity index (χ1v) is 8.98. The average Bonchev–Trinajstić information content (AvgIpc) is 2.79. The second-order valence-corrected chi connectivity index (χ2v) is 8.30. The molecule has 0 radical (unpaired) electrons. The van der Waals surface area contributed by atoms with Gasteiger partial charge < -0.3 is 0 Å². The van der Waals surface area contributed by atoms with Crippen LogP contribution in [0.25, 0.3) is 10.8 Å². The van der Waals surface area contributed by atoms with Gasteiger partial charge in [-0.1, -0.05) is 52.3 Å². The number of rotatable bonds is 2. The molecule has 0 aliphatic heterocycles. The number of benzene rings is 2. The van der Waals surface area contributed by atoms with Gasteiger partial charge in [-0.15, -0.1) is 11.3 Å². The fourth-order valence-corrected chi connectivity index (χ4v) is 4.84.